The van der Waals surface area contributed by atoms with Crippen LogP contribution in [-0.2, 0) is 19.6 Å². The maximum absolute atomic E-state index is 12.8. The Kier molecular flexibility index (Phi) is 7.79. The first-order valence-electron chi connectivity index (χ1n) is 11.4. The van der Waals surface area contributed by atoms with E-state index in [1.807, 2.05) is 30.3 Å². The number of para-hydroxylation sites is 2. The van der Waals surface area contributed by atoms with Crippen molar-refractivity contribution in [1.82, 2.24) is 4.31 Å². The summed E-state index contributed by atoms with van der Waals surface area (Å²) in [5, 5.41) is 5.79. The van der Waals surface area contributed by atoms with E-state index in [4.69, 9.17) is 4.74 Å². The number of benzene rings is 3. The fraction of sp³-hybridized carbons (Fsp3) is 0.231. The first kappa shape index (κ1) is 24.4. The number of esters is 1. The van der Waals surface area contributed by atoms with Crippen molar-refractivity contribution >= 4 is 39.0 Å². The third-order valence-electron chi connectivity index (χ3n) is 5.63. The maximum atomic E-state index is 12.8. The van der Waals surface area contributed by atoms with Crippen LogP contribution in [0.15, 0.2) is 83.8 Å². The zero-order chi connectivity index (χ0) is 24.7. The third-order valence-corrected chi connectivity index (χ3v) is 7.54. The molecule has 4 rings (SSSR count). The molecule has 8 nitrogen and oxygen atoms in total. The number of hydrogen-bond acceptors (Lipinski definition) is 6. The molecule has 0 saturated carbocycles. The van der Waals surface area contributed by atoms with Crippen LogP contribution in [-0.4, -0.2) is 44.3 Å². The van der Waals surface area contributed by atoms with Gasteiger partial charge in [-0.3, -0.25) is 4.79 Å². The molecule has 0 aromatic heterocycles. The highest BCUT2D eigenvalue weighted by Crippen LogP contribution is 2.23. The molecule has 0 aliphatic carbocycles. The van der Waals surface area contributed by atoms with Crippen molar-refractivity contribution in [3.8, 4) is 0 Å². The number of hydrogen-bond donors (Lipinski definition) is 2. The maximum Gasteiger partial charge on any atom is 0.340 e. The highest BCUT2D eigenvalue weighted by atomic mass is 32.2. The van der Waals surface area contributed by atoms with E-state index in [1.54, 1.807) is 24.3 Å². The van der Waals surface area contributed by atoms with Gasteiger partial charge in [-0.25, -0.2) is 13.2 Å². The zero-order valence-corrected chi connectivity index (χ0v) is 20.0. The monoisotopic (exact) mass is 493 g/mol. The highest BCUT2D eigenvalue weighted by Gasteiger charge is 2.25. The number of nitrogens with one attached hydrogen (secondary N) is 2. The van der Waals surface area contributed by atoms with Gasteiger partial charge in [0.2, 0.25) is 10.0 Å². The standard InChI is InChI=1S/C26H27N3O5S/c30-25(28-21-13-15-22(16-14-21)35(32,33)29-17-7-2-8-18-29)19-34-26(31)23-11-5-6-12-24(23)27-20-9-3-1-4-10-20/h1,3-6,9-16,27H,2,7-8,17-19H2,(H,28,30). The Morgan fingerprint density at radius 1 is 0.800 bits per heavy atom. The molecule has 3 aromatic carbocycles. The van der Waals surface area contributed by atoms with Crippen LogP contribution in [0.4, 0.5) is 17.1 Å². The van der Waals surface area contributed by atoms with Gasteiger partial charge in [0.05, 0.1) is 16.1 Å². The molecule has 1 aliphatic rings. The van der Waals surface area contributed by atoms with Gasteiger partial charge in [0.1, 0.15) is 0 Å². The van der Waals surface area contributed by atoms with Crippen LogP contribution in [0.25, 0.3) is 0 Å². The van der Waals surface area contributed by atoms with Crippen molar-refractivity contribution in [2.45, 2.75) is 24.2 Å². The second kappa shape index (κ2) is 11.2. The summed E-state index contributed by atoms with van der Waals surface area (Å²) in [4.78, 5) is 25.1. The first-order valence-corrected chi connectivity index (χ1v) is 12.9. The molecule has 0 unspecified atom stereocenters. The minimum Gasteiger partial charge on any atom is -0.452 e. The zero-order valence-electron chi connectivity index (χ0n) is 19.1. The van der Waals surface area contributed by atoms with Gasteiger partial charge in [0.15, 0.2) is 6.61 Å². The molecular formula is C26H27N3O5S. The van der Waals surface area contributed by atoms with E-state index in [-0.39, 0.29) is 4.90 Å². The smallest absolute Gasteiger partial charge is 0.340 e. The molecule has 3 aromatic rings. The summed E-state index contributed by atoms with van der Waals surface area (Å²) in [6, 6.07) is 22.3. The summed E-state index contributed by atoms with van der Waals surface area (Å²) in [5.74, 6) is -1.17. The number of amides is 1. The van der Waals surface area contributed by atoms with Crippen molar-refractivity contribution in [2.75, 3.05) is 30.3 Å². The minimum absolute atomic E-state index is 0.186. The number of piperidine rings is 1. The lowest BCUT2D eigenvalue weighted by atomic mass is 10.1. The molecular weight excluding hydrogens is 466 g/mol. The van der Waals surface area contributed by atoms with Gasteiger partial charge in [-0.1, -0.05) is 36.8 Å². The number of nitrogens with zero attached hydrogens (tertiary/aromatic N) is 1. The quantitative estimate of drug-likeness (QED) is 0.451. The Labute approximate surface area is 205 Å². The summed E-state index contributed by atoms with van der Waals surface area (Å²) in [6.45, 7) is 0.568. The fourth-order valence-corrected chi connectivity index (χ4v) is 5.33. The average molecular weight is 494 g/mol. The fourth-order valence-electron chi connectivity index (χ4n) is 3.82. The molecule has 1 heterocycles. The Hall–Kier alpha value is -3.69. The highest BCUT2D eigenvalue weighted by molar-refractivity contribution is 7.89. The van der Waals surface area contributed by atoms with Crippen LogP contribution in [0.2, 0.25) is 0 Å². The normalized spacial score (nSPS) is 14.2. The summed E-state index contributed by atoms with van der Waals surface area (Å²) in [5.41, 5.74) is 2.09. The van der Waals surface area contributed by atoms with E-state index in [9.17, 15) is 18.0 Å². The third kappa shape index (κ3) is 6.26. The lowest BCUT2D eigenvalue weighted by Crippen LogP contribution is -2.35. The van der Waals surface area contributed by atoms with Crippen molar-refractivity contribution in [1.29, 1.82) is 0 Å². The van der Waals surface area contributed by atoms with Crippen LogP contribution >= 0.6 is 0 Å². The molecule has 1 aliphatic heterocycles. The lowest BCUT2D eigenvalue weighted by molar-refractivity contribution is -0.119. The Balaban J connectivity index is 1.33. The van der Waals surface area contributed by atoms with Gasteiger partial charge in [0, 0.05) is 24.5 Å². The molecule has 1 fully saturated rings. The summed E-state index contributed by atoms with van der Waals surface area (Å²) in [7, 11) is -3.54. The first-order chi connectivity index (χ1) is 16.9. The van der Waals surface area contributed by atoms with Crippen LogP contribution in [0, 0.1) is 0 Å². The molecule has 0 atom stereocenters. The minimum atomic E-state index is -3.54. The number of carbonyl (C=O) groups is 2. The van der Waals surface area contributed by atoms with Crippen molar-refractivity contribution in [3.63, 3.8) is 0 Å². The summed E-state index contributed by atoms with van der Waals surface area (Å²) < 4.78 is 32.2. The van der Waals surface area contributed by atoms with Crippen LogP contribution in [0.5, 0.6) is 0 Å². The van der Waals surface area contributed by atoms with Crippen molar-refractivity contribution in [3.05, 3.63) is 84.4 Å². The molecule has 1 saturated heterocycles. The Morgan fingerprint density at radius 3 is 2.17 bits per heavy atom. The molecule has 35 heavy (non-hydrogen) atoms. The predicted molar refractivity (Wildman–Crippen MR) is 134 cm³/mol. The molecule has 1 amide bonds. The molecule has 2 N–H and O–H groups in total. The molecule has 9 heteroatoms. The predicted octanol–water partition coefficient (Wildman–Crippen LogP) is 4.40. The number of carbonyl (C=O) groups excluding carboxylic acids is 2. The van der Waals surface area contributed by atoms with Gasteiger partial charge in [-0.2, -0.15) is 4.31 Å². The van der Waals surface area contributed by atoms with Crippen molar-refractivity contribution in [2.24, 2.45) is 0 Å². The Morgan fingerprint density at radius 2 is 1.46 bits per heavy atom. The van der Waals surface area contributed by atoms with Gasteiger partial charge in [-0.15, -0.1) is 0 Å². The molecule has 182 valence electrons. The average Bonchev–Trinajstić information content (AvgIpc) is 2.89. The van der Waals surface area contributed by atoms with E-state index in [0.717, 1.165) is 24.9 Å². The molecule has 0 radical (unpaired) electrons. The van der Waals surface area contributed by atoms with E-state index < -0.39 is 28.5 Å². The van der Waals surface area contributed by atoms with Gasteiger partial charge in [0.25, 0.3) is 5.91 Å². The molecule has 0 spiro atoms. The van der Waals surface area contributed by atoms with E-state index in [0.29, 0.717) is 30.0 Å². The van der Waals surface area contributed by atoms with Crippen LogP contribution < -0.4 is 10.6 Å². The number of sulfonamides is 1. The van der Waals surface area contributed by atoms with Gasteiger partial charge in [-0.05, 0) is 61.4 Å². The van der Waals surface area contributed by atoms with Crippen LogP contribution in [0.3, 0.4) is 0 Å². The summed E-state index contributed by atoms with van der Waals surface area (Å²) in [6.07, 6.45) is 2.76. The lowest BCUT2D eigenvalue weighted by Gasteiger charge is -2.25. The number of ether oxygens (including phenoxy) is 1. The Bertz CT molecular complexity index is 1270. The summed E-state index contributed by atoms with van der Waals surface area (Å²) >= 11 is 0. The number of rotatable bonds is 8. The van der Waals surface area contributed by atoms with E-state index in [1.165, 1.54) is 28.6 Å². The van der Waals surface area contributed by atoms with E-state index >= 15 is 0 Å². The van der Waals surface area contributed by atoms with Gasteiger partial charge < -0.3 is 15.4 Å². The SMILES string of the molecule is O=C(COC(=O)c1ccccc1Nc1ccccc1)Nc1ccc(S(=O)(=O)N2CCCCC2)cc1. The van der Waals surface area contributed by atoms with Gasteiger partial charge >= 0.3 is 5.97 Å². The second-order valence-electron chi connectivity index (χ2n) is 8.15. The van der Waals surface area contributed by atoms with E-state index in [2.05, 4.69) is 10.6 Å². The largest absolute Gasteiger partial charge is 0.452 e. The van der Waals surface area contributed by atoms with Crippen LogP contribution in [0.1, 0.15) is 29.6 Å². The molecule has 0 bridgehead atoms. The van der Waals surface area contributed by atoms with Crippen molar-refractivity contribution < 1.29 is 22.7 Å². The topological polar surface area (TPSA) is 105 Å². The number of anilines is 3. The second-order valence-corrected chi connectivity index (χ2v) is 10.1.